The molecule has 50 heavy (non-hydrogen) atoms. The fraction of sp³-hybridized carbons (Fsp3) is 0.528. The zero-order chi connectivity index (χ0) is 35.5. The Balaban J connectivity index is 0.998. The monoisotopic (exact) mass is 710 g/mol. The molecule has 0 radical (unpaired) electrons. The molecule has 6 rings (SSSR count). The number of para-hydroxylation sites is 1. The topological polar surface area (TPSA) is 126 Å². The Morgan fingerprint density at radius 1 is 1.12 bits per heavy atom. The molecule has 1 aromatic heterocycles. The van der Waals surface area contributed by atoms with Crippen LogP contribution in [-0.4, -0.2) is 105 Å². The van der Waals surface area contributed by atoms with E-state index in [1.54, 1.807) is 35.4 Å². The van der Waals surface area contributed by atoms with Gasteiger partial charge in [0, 0.05) is 43.7 Å². The number of aromatic nitrogens is 2. The third kappa shape index (κ3) is 7.88. The van der Waals surface area contributed by atoms with E-state index in [0.717, 1.165) is 52.0 Å². The van der Waals surface area contributed by atoms with Crippen molar-refractivity contribution in [2.24, 2.45) is 5.41 Å². The van der Waals surface area contributed by atoms with Gasteiger partial charge in [-0.3, -0.25) is 4.79 Å². The van der Waals surface area contributed by atoms with E-state index >= 15 is 0 Å². The molecule has 0 aliphatic carbocycles. The molecule has 2 aromatic carbocycles. The van der Waals surface area contributed by atoms with Gasteiger partial charge in [-0.2, -0.15) is 0 Å². The van der Waals surface area contributed by atoms with E-state index < -0.39 is 15.8 Å². The maximum atomic E-state index is 14.3. The van der Waals surface area contributed by atoms with Gasteiger partial charge >= 0.3 is 0 Å². The first-order valence-corrected chi connectivity index (χ1v) is 18.8. The standard InChI is InChI=1S/C36H47FN6O6S/c1-5-43(25(2)3)35(44)29-18-26(37)10-13-30(29)49-32-19-38-24-39-34(32)42-22-36(23-42)14-16-41(17-15-36)20-28-12-11-27(21-48-28)40-50(45,46)33-9-7-6-8-31(33)47-4/h6-10,13,18-19,24-25,27-28,40H,5,11-12,14-17,20-23H2,1-4H3/t27-,28+/m1/s1. The van der Waals surface area contributed by atoms with Crippen LogP contribution in [0.15, 0.2) is 59.9 Å². The highest BCUT2D eigenvalue weighted by Gasteiger charge is 2.46. The van der Waals surface area contributed by atoms with Crippen LogP contribution in [0, 0.1) is 11.2 Å². The molecule has 1 amide bonds. The van der Waals surface area contributed by atoms with Gasteiger partial charge in [0.05, 0.1) is 31.6 Å². The largest absolute Gasteiger partial charge is 0.495 e. The van der Waals surface area contributed by atoms with E-state index in [1.165, 1.54) is 31.6 Å². The molecule has 0 unspecified atom stereocenters. The summed E-state index contributed by atoms with van der Waals surface area (Å²) in [4.78, 5) is 28.5. The van der Waals surface area contributed by atoms with Crippen molar-refractivity contribution in [1.82, 2.24) is 24.5 Å². The molecule has 12 nitrogen and oxygen atoms in total. The van der Waals surface area contributed by atoms with Gasteiger partial charge in [-0.1, -0.05) is 12.1 Å². The SMILES string of the molecule is CCN(C(=O)c1cc(F)ccc1Oc1cncnc1N1CC2(CCN(C[C@@H]3CC[C@@H](NS(=O)(=O)c4ccccc4OC)CO3)CC2)C1)C(C)C. The van der Waals surface area contributed by atoms with Crippen molar-refractivity contribution in [3.8, 4) is 17.2 Å². The van der Waals surface area contributed by atoms with E-state index in [0.29, 0.717) is 36.9 Å². The van der Waals surface area contributed by atoms with Crippen LogP contribution in [0.1, 0.15) is 56.8 Å². The molecule has 2 atom stereocenters. The predicted octanol–water partition coefficient (Wildman–Crippen LogP) is 4.72. The molecule has 1 N–H and O–H groups in total. The highest BCUT2D eigenvalue weighted by Crippen LogP contribution is 2.45. The summed E-state index contributed by atoms with van der Waals surface area (Å²) in [5, 5.41) is 0. The third-order valence-corrected chi connectivity index (χ3v) is 11.6. The molecular weight excluding hydrogens is 663 g/mol. The van der Waals surface area contributed by atoms with Gasteiger partial charge in [0.2, 0.25) is 10.0 Å². The Kier molecular flexibility index (Phi) is 10.9. The van der Waals surface area contributed by atoms with E-state index in [2.05, 4.69) is 24.5 Å². The van der Waals surface area contributed by atoms with Crippen LogP contribution in [0.5, 0.6) is 17.2 Å². The zero-order valence-corrected chi connectivity index (χ0v) is 30.0. The number of rotatable bonds is 12. The number of ether oxygens (including phenoxy) is 3. The molecule has 0 bridgehead atoms. The number of carbonyl (C=O) groups excluding carboxylic acids is 1. The average molecular weight is 711 g/mol. The number of hydrogen-bond donors (Lipinski definition) is 1. The zero-order valence-electron chi connectivity index (χ0n) is 29.2. The van der Waals surface area contributed by atoms with Crippen molar-refractivity contribution in [3.63, 3.8) is 0 Å². The van der Waals surface area contributed by atoms with Crippen molar-refractivity contribution in [2.75, 3.05) is 57.9 Å². The number of nitrogens with zero attached hydrogens (tertiary/aromatic N) is 5. The second-order valence-corrected chi connectivity index (χ2v) is 15.5. The van der Waals surface area contributed by atoms with Crippen molar-refractivity contribution in [3.05, 3.63) is 66.4 Å². The minimum Gasteiger partial charge on any atom is -0.495 e. The van der Waals surface area contributed by atoms with Crippen LogP contribution >= 0.6 is 0 Å². The number of carbonyl (C=O) groups is 1. The summed E-state index contributed by atoms with van der Waals surface area (Å²) in [6, 6.07) is 10.3. The maximum absolute atomic E-state index is 14.3. The number of methoxy groups -OCH3 is 1. The van der Waals surface area contributed by atoms with E-state index in [-0.39, 0.29) is 45.7 Å². The maximum Gasteiger partial charge on any atom is 0.257 e. The summed E-state index contributed by atoms with van der Waals surface area (Å²) in [5.74, 6) is 0.852. The summed E-state index contributed by atoms with van der Waals surface area (Å²) in [7, 11) is -2.27. The summed E-state index contributed by atoms with van der Waals surface area (Å²) in [6.45, 7) is 10.9. The minimum absolute atomic E-state index is 0.0513. The number of halogens is 1. The van der Waals surface area contributed by atoms with Gasteiger partial charge in [-0.15, -0.1) is 0 Å². The summed E-state index contributed by atoms with van der Waals surface area (Å²) in [5.41, 5.74) is 0.332. The van der Waals surface area contributed by atoms with E-state index in [1.807, 2.05) is 20.8 Å². The third-order valence-electron chi connectivity index (χ3n) is 10.1. The number of piperidine rings is 1. The van der Waals surface area contributed by atoms with Crippen LogP contribution in [-0.2, 0) is 14.8 Å². The van der Waals surface area contributed by atoms with Gasteiger partial charge in [-0.25, -0.2) is 27.5 Å². The molecule has 3 aliphatic heterocycles. The first-order valence-electron chi connectivity index (χ1n) is 17.3. The van der Waals surface area contributed by atoms with Crippen molar-refractivity contribution < 1.29 is 31.8 Å². The number of anilines is 1. The normalized spacial score (nSPS) is 20.8. The number of likely N-dealkylation sites (tertiary alicyclic amines) is 1. The van der Waals surface area contributed by atoms with Crippen LogP contribution in [0.2, 0.25) is 0 Å². The number of hydrogen-bond acceptors (Lipinski definition) is 10. The lowest BCUT2D eigenvalue weighted by Crippen LogP contribution is -2.61. The highest BCUT2D eigenvalue weighted by atomic mass is 32.2. The summed E-state index contributed by atoms with van der Waals surface area (Å²) < 4.78 is 60.7. The number of amides is 1. The van der Waals surface area contributed by atoms with Gasteiger partial charge < -0.3 is 28.9 Å². The highest BCUT2D eigenvalue weighted by molar-refractivity contribution is 7.89. The summed E-state index contributed by atoms with van der Waals surface area (Å²) in [6.07, 6.45) is 6.70. The molecule has 270 valence electrons. The van der Waals surface area contributed by atoms with E-state index in [9.17, 15) is 17.6 Å². The lowest BCUT2D eigenvalue weighted by molar-refractivity contribution is -0.0299. The lowest BCUT2D eigenvalue weighted by Gasteiger charge is -2.54. The molecule has 3 aromatic rings. The smallest absolute Gasteiger partial charge is 0.257 e. The Hall–Kier alpha value is -3.85. The Bertz CT molecular complexity index is 1750. The molecule has 0 saturated carbocycles. The molecule has 14 heteroatoms. The first-order chi connectivity index (χ1) is 24.0. The fourth-order valence-corrected chi connectivity index (χ4v) is 8.71. The average Bonchev–Trinajstić information content (AvgIpc) is 3.09. The van der Waals surface area contributed by atoms with Crippen LogP contribution in [0.3, 0.4) is 0 Å². The summed E-state index contributed by atoms with van der Waals surface area (Å²) >= 11 is 0. The van der Waals surface area contributed by atoms with Crippen LogP contribution in [0.25, 0.3) is 0 Å². The van der Waals surface area contributed by atoms with E-state index in [4.69, 9.17) is 14.2 Å². The van der Waals surface area contributed by atoms with Crippen molar-refractivity contribution in [2.45, 2.75) is 69.5 Å². The molecule has 3 fully saturated rings. The Morgan fingerprint density at radius 3 is 2.56 bits per heavy atom. The first kappa shape index (κ1) is 36.0. The Morgan fingerprint density at radius 2 is 1.88 bits per heavy atom. The van der Waals surface area contributed by atoms with Crippen LogP contribution < -0.4 is 19.1 Å². The molecule has 3 aliphatic rings. The number of nitrogens with one attached hydrogen (secondary N) is 1. The molecular formula is C36H47FN6O6S. The molecule has 4 heterocycles. The van der Waals surface area contributed by atoms with Crippen LogP contribution in [0.4, 0.5) is 10.2 Å². The number of sulfonamides is 1. The van der Waals surface area contributed by atoms with Gasteiger partial charge in [0.15, 0.2) is 11.6 Å². The Labute approximate surface area is 294 Å². The van der Waals surface area contributed by atoms with Crippen molar-refractivity contribution in [1.29, 1.82) is 0 Å². The quantitative estimate of drug-likeness (QED) is 0.282. The van der Waals surface area contributed by atoms with Gasteiger partial charge in [0.25, 0.3) is 5.91 Å². The van der Waals surface area contributed by atoms with Gasteiger partial charge in [-0.05, 0) is 89.9 Å². The number of benzene rings is 2. The second-order valence-electron chi connectivity index (χ2n) is 13.8. The molecule has 3 saturated heterocycles. The fourth-order valence-electron chi connectivity index (χ4n) is 7.29. The van der Waals surface area contributed by atoms with Gasteiger partial charge in [0.1, 0.15) is 28.5 Å². The second kappa shape index (κ2) is 15.2. The predicted molar refractivity (Wildman–Crippen MR) is 187 cm³/mol. The molecule has 1 spiro atoms. The van der Waals surface area contributed by atoms with Crippen molar-refractivity contribution >= 4 is 21.7 Å². The lowest BCUT2D eigenvalue weighted by atomic mass is 9.72. The minimum atomic E-state index is -3.73.